The summed E-state index contributed by atoms with van der Waals surface area (Å²) in [7, 11) is 0. The van der Waals surface area contributed by atoms with Gasteiger partial charge in [-0.25, -0.2) is 14.4 Å². The van der Waals surface area contributed by atoms with Gasteiger partial charge in [-0.05, 0) is 54.1 Å². The van der Waals surface area contributed by atoms with Crippen LogP contribution >= 0.6 is 0 Å². The fourth-order valence-electron chi connectivity index (χ4n) is 3.03. The van der Waals surface area contributed by atoms with Gasteiger partial charge in [0, 0.05) is 29.4 Å². The highest BCUT2D eigenvalue weighted by atomic mass is 19.1. The van der Waals surface area contributed by atoms with Crippen LogP contribution in [-0.2, 0) is 0 Å². The molecule has 0 bridgehead atoms. The van der Waals surface area contributed by atoms with Gasteiger partial charge in [0.1, 0.15) is 17.2 Å². The maximum Gasteiger partial charge on any atom is 0.269 e. The van der Waals surface area contributed by atoms with E-state index >= 15 is 0 Å². The summed E-state index contributed by atoms with van der Waals surface area (Å²) in [6.07, 6.45) is 0.639. The van der Waals surface area contributed by atoms with E-state index in [9.17, 15) is 14.3 Å². The van der Waals surface area contributed by atoms with Crippen molar-refractivity contribution in [1.29, 1.82) is 0 Å². The van der Waals surface area contributed by atoms with Crippen LogP contribution in [0.25, 0.3) is 33.5 Å². The number of aromatic amines is 1. The highest BCUT2D eigenvalue weighted by Gasteiger charge is 2.12. The first-order valence-electron chi connectivity index (χ1n) is 9.33. The highest BCUT2D eigenvalue weighted by Crippen LogP contribution is 2.26. The molecule has 4 N–H and O–H groups in total. The summed E-state index contributed by atoms with van der Waals surface area (Å²) in [5, 5.41) is 21.6. The Morgan fingerprint density at radius 3 is 2.70 bits per heavy atom. The molecule has 152 valence electrons. The number of carbonyl (C=O) groups excluding carboxylic acids is 1. The highest BCUT2D eigenvalue weighted by molar-refractivity contribution is 5.93. The summed E-state index contributed by atoms with van der Waals surface area (Å²) in [5.74, 6) is -0.741. The molecular formula is C22H19FN4O3. The molecule has 0 radical (unpaired) electrons. The van der Waals surface area contributed by atoms with E-state index in [2.05, 4.69) is 20.3 Å². The summed E-state index contributed by atoms with van der Waals surface area (Å²) in [4.78, 5) is 24.3. The molecular weight excluding hydrogens is 387 g/mol. The number of carbonyl (C=O) groups is 1. The number of nitrogens with one attached hydrogen (secondary N) is 2. The fraction of sp³-hybridized carbons (Fsp3) is 0.136. The number of benzene rings is 1. The summed E-state index contributed by atoms with van der Waals surface area (Å²) in [5.41, 5.74) is 3.85. The van der Waals surface area contributed by atoms with Gasteiger partial charge in [0.2, 0.25) is 0 Å². The van der Waals surface area contributed by atoms with E-state index in [0.29, 0.717) is 11.3 Å². The van der Waals surface area contributed by atoms with Crippen molar-refractivity contribution in [3.05, 3.63) is 72.3 Å². The van der Waals surface area contributed by atoms with E-state index in [1.807, 2.05) is 12.1 Å². The minimum absolute atomic E-state index is 0.0652. The number of rotatable bonds is 6. The van der Waals surface area contributed by atoms with E-state index in [-0.39, 0.29) is 18.1 Å². The molecule has 0 aliphatic heterocycles. The number of fused-ring (bicyclic) bond motifs is 1. The standard InChI is InChI=1S/C22H19FN4O3/c23-16-6-4-13(5-7-16)20-9-14-8-15(10-24-21(14)27-20)18-2-1-3-19(26-18)22(30)25-11-17(29)12-28/h1-10,17,28-29H,11-12H2,(H,24,27)(H,25,30)/t17-/m0/s1. The van der Waals surface area contributed by atoms with Crippen LogP contribution in [0.5, 0.6) is 0 Å². The predicted octanol–water partition coefficient (Wildman–Crippen LogP) is 2.51. The number of pyridine rings is 2. The van der Waals surface area contributed by atoms with Gasteiger partial charge in [0.05, 0.1) is 18.4 Å². The molecule has 1 atom stereocenters. The van der Waals surface area contributed by atoms with Gasteiger partial charge in [-0.15, -0.1) is 0 Å². The van der Waals surface area contributed by atoms with Crippen LogP contribution in [0.2, 0.25) is 0 Å². The lowest BCUT2D eigenvalue weighted by Gasteiger charge is -2.09. The molecule has 4 aromatic rings. The van der Waals surface area contributed by atoms with Gasteiger partial charge in [-0.1, -0.05) is 6.07 Å². The minimum Gasteiger partial charge on any atom is -0.394 e. The van der Waals surface area contributed by atoms with Crippen molar-refractivity contribution in [1.82, 2.24) is 20.3 Å². The number of hydrogen-bond donors (Lipinski definition) is 4. The van der Waals surface area contributed by atoms with Crippen molar-refractivity contribution in [3.63, 3.8) is 0 Å². The smallest absolute Gasteiger partial charge is 0.269 e. The molecule has 1 amide bonds. The fourth-order valence-corrected chi connectivity index (χ4v) is 3.03. The molecule has 4 rings (SSSR count). The molecule has 0 saturated carbocycles. The first kappa shape index (κ1) is 19.7. The number of aromatic nitrogens is 3. The van der Waals surface area contributed by atoms with E-state index in [0.717, 1.165) is 22.2 Å². The summed E-state index contributed by atoms with van der Waals surface area (Å²) in [6.45, 7) is -0.500. The van der Waals surface area contributed by atoms with Crippen molar-refractivity contribution in [2.75, 3.05) is 13.2 Å². The van der Waals surface area contributed by atoms with Crippen molar-refractivity contribution >= 4 is 16.9 Å². The normalized spacial score (nSPS) is 12.1. The molecule has 0 unspecified atom stereocenters. The second-order valence-corrected chi connectivity index (χ2v) is 6.81. The molecule has 7 nitrogen and oxygen atoms in total. The van der Waals surface area contributed by atoms with Crippen LogP contribution in [0.4, 0.5) is 4.39 Å². The number of aliphatic hydroxyl groups excluding tert-OH is 2. The monoisotopic (exact) mass is 406 g/mol. The lowest BCUT2D eigenvalue weighted by molar-refractivity contribution is 0.0799. The lowest BCUT2D eigenvalue weighted by Crippen LogP contribution is -2.34. The van der Waals surface area contributed by atoms with Crippen LogP contribution in [0, 0.1) is 5.82 Å². The molecule has 0 spiro atoms. The number of aliphatic hydroxyl groups is 2. The lowest BCUT2D eigenvalue weighted by atomic mass is 10.1. The first-order chi connectivity index (χ1) is 14.5. The Balaban J connectivity index is 1.60. The van der Waals surface area contributed by atoms with Crippen molar-refractivity contribution in [2.45, 2.75) is 6.10 Å². The van der Waals surface area contributed by atoms with Crippen LogP contribution in [0.3, 0.4) is 0 Å². The number of nitrogens with zero attached hydrogens (tertiary/aromatic N) is 2. The number of amides is 1. The van der Waals surface area contributed by atoms with Crippen molar-refractivity contribution in [3.8, 4) is 22.5 Å². The van der Waals surface area contributed by atoms with Crippen molar-refractivity contribution in [2.24, 2.45) is 0 Å². The largest absolute Gasteiger partial charge is 0.394 e. The van der Waals surface area contributed by atoms with Gasteiger partial charge in [-0.2, -0.15) is 0 Å². The van der Waals surface area contributed by atoms with E-state index in [1.54, 1.807) is 36.5 Å². The van der Waals surface area contributed by atoms with Gasteiger partial charge in [-0.3, -0.25) is 4.79 Å². The Labute approximate surface area is 171 Å². The molecule has 0 aliphatic carbocycles. The quantitative estimate of drug-likeness (QED) is 0.393. The minimum atomic E-state index is -1.02. The Hall–Kier alpha value is -3.62. The molecule has 0 saturated heterocycles. The van der Waals surface area contributed by atoms with Crippen LogP contribution < -0.4 is 5.32 Å². The Kier molecular flexibility index (Phi) is 5.51. The van der Waals surface area contributed by atoms with Gasteiger partial charge in [0.15, 0.2) is 0 Å². The molecule has 3 heterocycles. The van der Waals surface area contributed by atoms with Crippen LogP contribution in [-0.4, -0.2) is 50.3 Å². The van der Waals surface area contributed by atoms with Gasteiger partial charge < -0.3 is 20.5 Å². The molecule has 0 aliphatic rings. The average Bonchev–Trinajstić information content (AvgIpc) is 3.21. The Bertz CT molecular complexity index is 1190. The zero-order valence-electron chi connectivity index (χ0n) is 15.8. The topological polar surface area (TPSA) is 111 Å². The molecule has 1 aromatic carbocycles. The zero-order chi connectivity index (χ0) is 21.1. The number of H-pyrrole nitrogens is 1. The van der Waals surface area contributed by atoms with E-state index in [4.69, 9.17) is 5.11 Å². The second-order valence-electron chi connectivity index (χ2n) is 6.81. The molecule has 0 fully saturated rings. The number of halogens is 1. The molecule has 8 heteroatoms. The van der Waals surface area contributed by atoms with Gasteiger partial charge in [0.25, 0.3) is 5.91 Å². The SMILES string of the molecule is O=C(NC[C@H](O)CO)c1cccc(-c2cnc3[nH]c(-c4ccc(F)cc4)cc3c2)n1. The van der Waals surface area contributed by atoms with Gasteiger partial charge >= 0.3 is 0 Å². The summed E-state index contributed by atoms with van der Waals surface area (Å²) in [6, 6.07) is 15.1. The Morgan fingerprint density at radius 1 is 1.13 bits per heavy atom. The first-order valence-corrected chi connectivity index (χ1v) is 9.33. The maximum absolute atomic E-state index is 13.2. The third kappa shape index (κ3) is 4.19. The van der Waals surface area contributed by atoms with Crippen LogP contribution in [0.1, 0.15) is 10.5 Å². The van der Waals surface area contributed by atoms with Crippen LogP contribution in [0.15, 0.2) is 60.8 Å². The van der Waals surface area contributed by atoms with Crippen molar-refractivity contribution < 1.29 is 19.4 Å². The predicted molar refractivity (Wildman–Crippen MR) is 110 cm³/mol. The third-order valence-corrected chi connectivity index (χ3v) is 4.61. The third-order valence-electron chi connectivity index (χ3n) is 4.61. The molecule has 3 aromatic heterocycles. The molecule has 30 heavy (non-hydrogen) atoms. The maximum atomic E-state index is 13.2. The Morgan fingerprint density at radius 2 is 1.93 bits per heavy atom. The number of hydrogen-bond acceptors (Lipinski definition) is 5. The summed E-state index contributed by atoms with van der Waals surface area (Å²) < 4.78 is 13.2. The average molecular weight is 406 g/mol. The summed E-state index contributed by atoms with van der Waals surface area (Å²) >= 11 is 0. The van der Waals surface area contributed by atoms with E-state index in [1.165, 1.54) is 12.1 Å². The second kappa shape index (κ2) is 8.40. The zero-order valence-corrected chi connectivity index (χ0v) is 15.8. The van der Waals surface area contributed by atoms with E-state index < -0.39 is 18.6 Å².